The van der Waals surface area contributed by atoms with E-state index in [1.807, 2.05) is 24.6 Å². The van der Waals surface area contributed by atoms with Crippen LogP contribution in [0.4, 0.5) is 5.95 Å². The van der Waals surface area contributed by atoms with Gasteiger partial charge in [-0.15, -0.1) is 10.2 Å². The van der Waals surface area contributed by atoms with Crippen LogP contribution in [0.5, 0.6) is 0 Å². The summed E-state index contributed by atoms with van der Waals surface area (Å²) in [6.45, 7) is 11.3. The molecule has 1 saturated heterocycles. The molecule has 1 aromatic heterocycles. The van der Waals surface area contributed by atoms with Gasteiger partial charge in [0.1, 0.15) is 0 Å². The lowest BCUT2D eigenvalue weighted by Gasteiger charge is -2.27. The number of aryl methyl sites for hydroxylation is 1. The second kappa shape index (κ2) is 7.80. The Bertz CT molecular complexity index is 825. The molecule has 6 nitrogen and oxygen atoms in total. The highest BCUT2D eigenvalue weighted by molar-refractivity contribution is 7.99. The number of rotatable bonds is 5. The van der Waals surface area contributed by atoms with E-state index in [1.54, 1.807) is 0 Å². The zero-order valence-electron chi connectivity index (χ0n) is 16.1. The molecule has 1 aliphatic rings. The van der Waals surface area contributed by atoms with E-state index >= 15 is 0 Å². The fourth-order valence-electron chi connectivity index (χ4n) is 3.18. The summed E-state index contributed by atoms with van der Waals surface area (Å²) in [5, 5.41) is 9.33. The summed E-state index contributed by atoms with van der Waals surface area (Å²) in [5.74, 6) is 1.33. The molecule has 0 spiro atoms. The molecule has 0 radical (unpaired) electrons. The minimum absolute atomic E-state index is 0.134. The molecule has 140 valence electrons. The second-order valence-electron chi connectivity index (χ2n) is 6.77. The van der Waals surface area contributed by atoms with Gasteiger partial charge >= 0.3 is 0 Å². The predicted molar refractivity (Wildman–Crippen MR) is 104 cm³/mol. The number of nitrogens with zero attached hydrogens (tertiary/aromatic N) is 4. The molecule has 0 atom stereocenters. The summed E-state index contributed by atoms with van der Waals surface area (Å²) in [5.41, 5.74) is 5.51. The van der Waals surface area contributed by atoms with Crippen LogP contribution < -0.4 is 4.90 Å². The van der Waals surface area contributed by atoms with Gasteiger partial charge in [0.25, 0.3) is 0 Å². The van der Waals surface area contributed by atoms with Gasteiger partial charge in [0.2, 0.25) is 5.95 Å². The maximum Gasteiger partial charge on any atom is 0.227 e. The number of thioether (sulfide) groups is 1. The van der Waals surface area contributed by atoms with Crippen molar-refractivity contribution >= 4 is 23.5 Å². The summed E-state index contributed by atoms with van der Waals surface area (Å²) >= 11 is 1.44. The van der Waals surface area contributed by atoms with Crippen LogP contribution >= 0.6 is 11.8 Å². The zero-order valence-corrected chi connectivity index (χ0v) is 16.9. The number of benzene rings is 1. The van der Waals surface area contributed by atoms with E-state index in [0.29, 0.717) is 19.0 Å². The molecule has 0 saturated carbocycles. The number of morpholine rings is 1. The van der Waals surface area contributed by atoms with E-state index in [1.165, 1.54) is 22.9 Å². The van der Waals surface area contributed by atoms with E-state index in [-0.39, 0.29) is 5.78 Å². The largest absolute Gasteiger partial charge is 0.378 e. The number of aromatic nitrogens is 3. The van der Waals surface area contributed by atoms with Crippen LogP contribution in [0, 0.1) is 27.7 Å². The monoisotopic (exact) mass is 374 g/mol. The minimum Gasteiger partial charge on any atom is -0.378 e. The van der Waals surface area contributed by atoms with Gasteiger partial charge < -0.3 is 9.64 Å². The standard InChI is InChI=1S/C19H26N4O2S/c1-12-10-16(15(4)14(3)13(12)2)17(24)11-26-19-21-20-18(22(19)5)23-6-8-25-9-7-23/h10H,6-9,11H2,1-5H3. The van der Waals surface area contributed by atoms with Gasteiger partial charge in [-0.3, -0.25) is 9.36 Å². The summed E-state index contributed by atoms with van der Waals surface area (Å²) < 4.78 is 7.35. The lowest BCUT2D eigenvalue weighted by molar-refractivity contribution is 0.102. The van der Waals surface area contributed by atoms with E-state index < -0.39 is 0 Å². The van der Waals surface area contributed by atoms with Crippen LogP contribution in [-0.4, -0.2) is 52.6 Å². The van der Waals surface area contributed by atoms with Crippen LogP contribution in [-0.2, 0) is 11.8 Å². The number of anilines is 1. The summed E-state index contributed by atoms with van der Waals surface area (Å²) in [6, 6.07) is 2.01. The van der Waals surface area contributed by atoms with Crippen molar-refractivity contribution in [2.75, 3.05) is 37.0 Å². The fourth-order valence-corrected chi connectivity index (χ4v) is 3.97. The van der Waals surface area contributed by atoms with Crippen molar-refractivity contribution in [3.63, 3.8) is 0 Å². The Hall–Kier alpha value is -1.86. The quantitative estimate of drug-likeness (QED) is 0.592. The van der Waals surface area contributed by atoms with E-state index in [0.717, 1.165) is 40.9 Å². The van der Waals surface area contributed by atoms with Crippen molar-refractivity contribution in [3.05, 3.63) is 33.9 Å². The minimum atomic E-state index is 0.134. The molecular weight excluding hydrogens is 348 g/mol. The van der Waals surface area contributed by atoms with Crippen molar-refractivity contribution in [1.82, 2.24) is 14.8 Å². The number of ketones is 1. The Morgan fingerprint density at radius 1 is 1.12 bits per heavy atom. The van der Waals surface area contributed by atoms with Crippen molar-refractivity contribution in [1.29, 1.82) is 0 Å². The van der Waals surface area contributed by atoms with Crippen LogP contribution in [0.3, 0.4) is 0 Å². The molecule has 26 heavy (non-hydrogen) atoms. The number of ether oxygens (including phenoxy) is 1. The molecular formula is C19H26N4O2S. The Kier molecular flexibility index (Phi) is 5.67. The molecule has 7 heteroatoms. The molecule has 1 aliphatic heterocycles. The highest BCUT2D eigenvalue weighted by Crippen LogP contribution is 2.25. The normalized spacial score (nSPS) is 14.7. The molecule has 3 rings (SSSR count). The smallest absolute Gasteiger partial charge is 0.227 e. The first-order valence-electron chi connectivity index (χ1n) is 8.85. The van der Waals surface area contributed by atoms with Gasteiger partial charge in [-0.2, -0.15) is 0 Å². The first-order chi connectivity index (χ1) is 12.4. The highest BCUT2D eigenvalue weighted by atomic mass is 32.2. The molecule has 0 aliphatic carbocycles. The summed E-state index contributed by atoms with van der Waals surface area (Å²) in [4.78, 5) is 14.9. The zero-order chi connectivity index (χ0) is 18.8. The Balaban J connectivity index is 1.72. The number of hydrogen-bond donors (Lipinski definition) is 0. The third-order valence-electron chi connectivity index (χ3n) is 5.22. The predicted octanol–water partition coefficient (Wildman–Crippen LogP) is 2.86. The van der Waals surface area contributed by atoms with Crippen LogP contribution in [0.1, 0.15) is 32.6 Å². The molecule has 1 fully saturated rings. The number of carbonyl (C=O) groups excluding carboxylic acids is 1. The van der Waals surface area contributed by atoms with Crippen LogP contribution in [0.2, 0.25) is 0 Å². The Morgan fingerprint density at radius 3 is 2.50 bits per heavy atom. The molecule has 0 N–H and O–H groups in total. The SMILES string of the molecule is Cc1cc(C(=O)CSc2nnc(N3CCOCC3)n2C)c(C)c(C)c1C. The van der Waals surface area contributed by atoms with Gasteiger partial charge in [0.15, 0.2) is 10.9 Å². The van der Waals surface area contributed by atoms with E-state index in [4.69, 9.17) is 4.74 Å². The molecule has 0 amide bonds. The first kappa shape index (κ1) is 18.9. The van der Waals surface area contributed by atoms with Gasteiger partial charge in [-0.1, -0.05) is 11.8 Å². The average Bonchev–Trinajstić information content (AvgIpc) is 3.02. The summed E-state index contributed by atoms with van der Waals surface area (Å²) in [6.07, 6.45) is 0. The van der Waals surface area contributed by atoms with E-state index in [9.17, 15) is 4.79 Å². The molecule has 0 bridgehead atoms. The first-order valence-corrected chi connectivity index (χ1v) is 9.84. The van der Waals surface area contributed by atoms with Crippen molar-refractivity contribution in [2.24, 2.45) is 7.05 Å². The molecule has 1 aromatic carbocycles. The maximum atomic E-state index is 12.8. The van der Waals surface area contributed by atoms with Gasteiger partial charge in [-0.25, -0.2) is 0 Å². The molecule has 0 unspecified atom stereocenters. The summed E-state index contributed by atoms with van der Waals surface area (Å²) in [7, 11) is 1.95. The second-order valence-corrected chi connectivity index (χ2v) is 7.71. The third-order valence-corrected chi connectivity index (χ3v) is 6.24. The number of hydrogen-bond acceptors (Lipinski definition) is 6. The van der Waals surface area contributed by atoms with Crippen molar-refractivity contribution in [3.8, 4) is 0 Å². The van der Waals surface area contributed by atoms with Gasteiger partial charge in [0.05, 0.1) is 19.0 Å². The van der Waals surface area contributed by atoms with E-state index in [2.05, 4.69) is 35.9 Å². The van der Waals surface area contributed by atoms with Crippen molar-refractivity contribution < 1.29 is 9.53 Å². The fraction of sp³-hybridized carbons (Fsp3) is 0.526. The lowest BCUT2D eigenvalue weighted by Crippen LogP contribution is -2.37. The average molecular weight is 375 g/mol. The Morgan fingerprint density at radius 2 is 1.81 bits per heavy atom. The molecule has 2 aromatic rings. The van der Waals surface area contributed by atoms with Gasteiger partial charge in [0, 0.05) is 25.7 Å². The maximum absolute atomic E-state index is 12.8. The van der Waals surface area contributed by atoms with Gasteiger partial charge in [-0.05, 0) is 56.0 Å². The third kappa shape index (κ3) is 3.64. The number of carbonyl (C=O) groups is 1. The highest BCUT2D eigenvalue weighted by Gasteiger charge is 2.20. The topological polar surface area (TPSA) is 60.3 Å². The van der Waals surface area contributed by atoms with Crippen molar-refractivity contribution in [2.45, 2.75) is 32.9 Å². The van der Waals surface area contributed by atoms with Crippen LogP contribution in [0.15, 0.2) is 11.2 Å². The Labute approximate surface area is 158 Å². The molecule has 2 heterocycles. The lowest BCUT2D eigenvalue weighted by atomic mass is 9.93. The number of Topliss-reactive ketones (excluding diaryl/α,β-unsaturated/α-hetero) is 1. The van der Waals surface area contributed by atoms with Crippen LogP contribution in [0.25, 0.3) is 0 Å².